The molecular formula is C14H21N. The van der Waals surface area contributed by atoms with E-state index in [9.17, 15) is 0 Å². The Morgan fingerprint density at radius 3 is 2.80 bits per heavy atom. The molecule has 1 fully saturated rings. The average Bonchev–Trinajstić information content (AvgIpc) is 2.74. The first-order chi connectivity index (χ1) is 7.38. The summed E-state index contributed by atoms with van der Waals surface area (Å²) in [5.74, 6) is 0.636. The predicted octanol–water partition coefficient (Wildman–Crippen LogP) is 3.16. The maximum absolute atomic E-state index is 2.56. The highest BCUT2D eigenvalue weighted by atomic mass is 15.1. The molecule has 2 aliphatic rings. The van der Waals surface area contributed by atoms with E-state index in [2.05, 4.69) is 42.2 Å². The molecule has 0 saturated carbocycles. The lowest BCUT2D eigenvalue weighted by molar-refractivity contribution is 0.370. The SMILES string of the molecule is C/C=C/C1C=CC(CN2CCCC2)=CC1. The Hall–Kier alpha value is -0.820. The molecule has 1 nitrogen and oxygen atoms in total. The Labute approximate surface area is 93.2 Å². The van der Waals surface area contributed by atoms with E-state index < -0.39 is 0 Å². The monoisotopic (exact) mass is 203 g/mol. The Balaban J connectivity index is 1.83. The quantitative estimate of drug-likeness (QED) is 0.637. The summed E-state index contributed by atoms with van der Waals surface area (Å²) in [5.41, 5.74) is 1.51. The second-order valence-electron chi connectivity index (χ2n) is 4.55. The number of hydrogen-bond donors (Lipinski definition) is 0. The fraction of sp³-hybridized carbons (Fsp3) is 0.571. The summed E-state index contributed by atoms with van der Waals surface area (Å²) in [6.07, 6.45) is 15.4. The van der Waals surface area contributed by atoms with Crippen LogP contribution >= 0.6 is 0 Å². The van der Waals surface area contributed by atoms with Gasteiger partial charge in [0, 0.05) is 6.54 Å². The van der Waals surface area contributed by atoms with Crippen molar-refractivity contribution in [2.75, 3.05) is 19.6 Å². The Morgan fingerprint density at radius 2 is 2.20 bits per heavy atom. The van der Waals surface area contributed by atoms with Gasteiger partial charge in [-0.05, 0) is 50.8 Å². The van der Waals surface area contributed by atoms with E-state index in [1.165, 1.54) is 44.5 Å². The summed E-state index contributed by atoms with van der Waals surface area (Å²) >= 11 is 0. The summed E-state index contributed by atoms with van der Waals surface area (Å²) in [7, 11) is 0. The van der Waals surface area contributed by atoms with E-state index in [1.54, 1.807) is 0 Å². The minimum absolute atomic E-state index is 0.636. The first-order valence-corrected chi connectivity index (χ1v) is 6.11. The smallest absolute Gasteiger partial charge is 0.0230 e. The molecule has 1 aliphatic carbocycles. The van der Waals surface area contributed by atoms with Crippen molar-refractivity contribution in [3.8, 4) is 0 Å². The van der Waals surface area contributed by atoms with Gasteiger partial charge < -0.3 is 0 Å². The van der Waals surface area contributed by atoms with Gasteiger partial charge in [0.2, 0.25) is 0 Å². The number of hydrogen-bond acceptors (Lipinski definition) is 1. The zero-order valence-electron chi connectivity index (χ0n) is 9.65. The molecule has 0 bridgehead atoms. The van der Waals surface area contributed by atoms with E-state index in [1.807, 2.05) is 0 Å². The Kier molecular flexibility index (Phi) is 3.79. The van der Waals surface area contributed by atoms with Crippen molar-refractivity contribution in [2.45, 2.75) is 26.2 Å². The predicted molar refractivity (Wildman–Crippen MR) is 65.8 cm³/mol. The van der Waals surface area contributed by atoms with Crippen molar-refractivity contribution in [2.24, 2.45) is 5.92 Å². The summed E-state index contributed by atoms with van der Waals surface area (Å²) < 4.78 is 0. The van der Waals surface area contributed by atoms with Gasteiger partial charge in [-0.1, -0.05) is 30.4 Å². The van der Waals surface area contributed by atoms with Gasteiger partial charge in [0.05, 0.1) is 0 Å². The normalized spacial score (nSPS) is 27.5. The topological polar surface area (TPSA) is 3.24 Å². The highest BCUT2D eigenvalue weighted by Crippen LogP contribution is 2.19. The van der Waals surface area contributed by atoms with Crippen LogP contribution in [0.1, 0.15) is 26.2 Å². The van der Waals surface area contributed by atoms with Gasteiger partial charge in [0.1, 0.15) is 0 Å². The van der Waals surface area contributed by atoms with Crippen LogP contribution in [0.15, 0.2) is 36.0 Å². The molecule has 1 saturated heterocycles. The van der Waals surface area contributed by atoms with Crippen molar-refractivity contribution >= 4 is 0 Å². The van der Waals surface area contributed by atoms with Gasteiger partial charge in [-0.3, -0.25) is 4.90 Å². The summed E-state index contributed by atoms with van der Waals surface area (Å²) in [6.45, 7) is 5.85. The first kappa shape index (κ1) is 10.7. The Morgan fingerprint density at radius 1 is 1.40 bits per heavy atom. The van der Waals surface area contributed by atoms with E-state index >= 15 is 0 Å². The van der Waals surface area contributed by atoms with Crippen LogP contribution in [0.4, 0.5) is 0 Å². The fourth-order valence-corrected chi connectivity index (χ4v) is 2.39. The molecule has 0 amide bonds. The average molecular weight is 203 g/mol. The third kappa shape index (κ3) is 3.07. The van der Waals surface area contributed by atoms with E-state index in [4.69, 9.17) is 0 Å². The molecular weight excluding hydrogens is 182 g/mol. The lowest BCUT2D eigenvalue weighted by Crippen LogP contribution is -2.22. The molecule has 0 N–H and O–H groups in total. The second-order valence-corrected chi connectivity index (χ2v) is 4.55. The molecule has 0 aromatic carbocycles. The van der Waals surface area contributed by atoms with Crippen LogP contribution in [0.5, 0.6) is 0 Å². The van der Waals surface area contributed by atoms with Gasteiger partial charge in [0.25, 0.3) is 0 Å². The highest BCUT2D eigenvalue weighted by Gasteiger charge is 2.13. The maximum Gasteiger partial charge on any atom is 0.0230 e. The van der Waals surface area contributed by atoms with Gasteiger partial charge in [-0.15, -0.1) is 0 Å². The van der Waals surface area contributed by atoms with Crippen molar-refractivity contribution < 1.29 is 0 Å². The van der Waals surface area contributed by atoms with Gasteiger partial charge in [-0.2, -0.15) is 0 Å². The molecule has 1 unspecified atom stereocenters. The molecule has 0 spiro atoms. The summed E-state index contributed by atoms with van der Waals surface area (Å²) in [6, 6.07) is 0. The Bertz CT molecular complexity index is 280. The van der Waals surface area contributed by atoms with E-state index in [0.717, 1.165) is 0 Å². The standard InChI is InChI=1S/C14H21N/c1-2-5-13-6-8-14(9-7-13)12-15-10-3-4-11-15/h2,5-6,8-9,13H,3-4,7,10-12H2,1H3/b5-2+. The van der Waals surface area contributed by atoms with Crippen molar-refractivity contribution in [3.05, 3.63) is 36.0 Å². The lowest BCUT2D eigenvalue weighted by Gasteiger charge is -2.18. The second kappa shape index (κ2) is 5.32. The van der Waals surface area contributed by atoms with Crippen molar-refractivity contribution in [1.82, 2.24) is 4.90 Å². The van der Waals surface area contributed by atoms with Gasteiger partial charge in [-0.25, -0.2) is 0 Å². The van der Waals surface area contributed by atoms with E-state index in [0.29, 0.717) is 5.92 Å². The van der Waals surface area contributed by atoms with Crippen LogP contribution in [-0.2, 0) is 0 Å². The number of nitrogens with zero attached hydrogens (tertiary/aromatic N) is 1. The van der Waals surface area contributed by atoms with Crippen molar-refractivity contribution in [3.63, 3.8) is 0 Å². The van der Waals surface area contributed by atoms with Crippen LogP contribution in [0.2, 0.25) is 0 Å². The molecule has 1 aliphatic heterocycles. The molecule has 1 heteroatoms. The van der Waals surface area contributed by atoms with Crippen molar-refractivity contribution in [1.29, 1.82) is 0 Å². The first-order valence-electron chi connectivity index (χ1n) is 6.11. The minimum atomic E-state index is 0.636. The third-order valence-electron chi connectivity index (χ3n) is 3.25. The fourth-order valence-electron chi connectivity index (χ4n) is 2.39. The van der Waals surface area contributed by atoms with Gasteiger partial charge in [0.15, 0.2) is 0 Å². The van der Waals surface area contributed by atoms with Gasteiger partial charge >= 0.3 is 0 Å². The number of allylic oxidation sites excluding steroid dienone is 4. The molecule has 15 heavy (non-hydrogen) atoms. The van der Waals surface area contributed by atoms with Crippen LogP contribution in [0.25, 0.3) is 0 Å². The summed E-state index contributed by atoms with van der Waals surface area (Å²) in [4.78, 5) is 2.56. The van der Waals surface area contributed by atoms with Crippen LogP contribution in [0, 0.1) is 5.92 Å². The zero-order valence-corrected chi connectivity index (χ0v) is 9.65. The summed E-state index contributed by atoms with van der Waals surface area (Å²) in [5, 5.41) is 0. The molecule has 1 heterocycles. The number of likely N-dealkylation sites (tertiary alicyclic amines) is 1. The third-order valence-corrected chi connectivity index (χ3v) is 3.25. The van der Waals surface area contributed by atoms with Crippen LogP contribution < -0.4 is 0 Å². The minimum Gasteiger partial charge on any atom is -0.299 e. The largest absolute Gasteiger partial charge is 0.299 e. The van der Waals surface area contributed by atoms with Crippen LogP contribution in [0.3, 0.4) is 0 Å². The molecule has 82 valence electrons. The molecule has 1 atom stereocenters. The maximum atomic E-state index is 2.56. The molecule has 0 radical (unpaired) electrons. The van der Waals surface area contributed by atoms with E-state index in [-0.39, 0.29) is 0 Å². The number of rotatable bonds is 3. The highest BCUT2D eigenvalue weighted by molar-refractivity contribution is 5.27. The molecule has 0 aromatic rings. The zero-order chi connectivity index (χ0) is 10.5. The molecule has 0 aromatic heterocycles. The van der Waals surface area contributed by atoms with Crippen LogP contribution in [-0.4, -0.2) is 24.5 Å². The molecule has 2 rings (SSSR count). The lowest BCUT2D eigenvalue weighted by atomic mass is 9.96.